The van der Waals surface area contributed by atoms with Crippen LogP contribution in [0.2, 0.25) is 0 Å². The van der Waals surface area contributed by atoms with Gasteiger partial charge in [0.15, 0.2) is 5.58 Å². The first kappa shape index (κ1) is 11.3. The Labute approximate surface area is 108 Å². The van der Waals surface area contributed by atoms with Crippen LogP contribution in [0.1, 0.15) is 10.4 Å². The van der Waals surface area contributed by atoms with Gasteiger partial charge in [-0.1, -0.05) is 18.2 Å². The number of aromatic nitrogens is 1. The molecule has 1 amide bonds. The Bertz CT molecular complexity index is 763. The minimum absolute atomic E-state index is 0.240. The summed E-state index contributed by atoms with van der Waals surface area (Å²) in [6, 6.07) is 12.6. The van der Waals surface area contributed by atoms with Crippen LogP contribution >= 0.6 is 0 Å². The van der Waals surface area contributed by atoms with Crippen LogP contribution in [0.3, 0.4) is 0 Å². The molecule has 0 bridgehead atoms. The first-order valence-corrected chi connectivity index (χ1v) is 5.70. The third-order valence-electron chi connectivity index (χ3n) is 2.80. The number of hydrogen-bond acceptors (Lipinski definition) is 4. The van der Waals surface area contributed by atoms with Crippen LogP contribution in [0.15, 0.2) is 46.9 Å². The fraction of sp³-hybridized carbons (Fsp3) is 0. The number of amides is 1. The molecule has 19 heavy (non-hydrogen) atoms. The number of fused-ring (bicyclic) bond motifs is 1. The Hall–Kier alpha value is -2.82. The van der Waals surface area contributed by atoms with Gasteiger partial charge in [-0.25, -0.2) is 4.98 Å². The van der Waals surface area contributed by atoms with E-state index in [2.05, 4.69) is 4.98 Å². The summed E-state index contributed by atoms with van der Waals surface area (Å²) in [4.78, 5) is 15.7. The highest BCUT2D eigenvalue weighted by Gasteiger charge is 2.15. The van der Waals surface area contributed by atoms with E-state index < -0.39 is 5.91 Å². The van der Waals surface area contributed by atoms with Crippen LogP contribution in [-0.4, -0.2) is 10.9 Å². The zero-order chi connectivity index (χ0) is 13.4. The standard InChI is InChI=1S/C14H11N3O2/c15-9-6-10(13(16)18)12-11(7-9)17-14(19-12)8-4-2-1-3-5-8/h1-7H,15H2,(H2,16,18). The van der Waals surface area contributed by atoms with Crippen LogP contribution in [0, 0.1) is 0 Å². The van der Waals surface area contributed by atoms with E-state index in [-0.39, 0.29) is 5.56 Å². The fourth-order valence-corrected chi connectivity index (χ4v) is 1.94. The summed E-state index contributed by atoms with van der Waals surface area (Å²) < 4.78 is 5.63. The molecule has 0 saturated heterocycles. The van der Waals surface area contributed by atoms with Crippen molar-refractivity contribution in [3.63, 3.8) is 0 Å². The molecule has 0 aliphatic rings. The van der Waals surface area contributed by atoms with Gasteiger partial charge >= 0.3 is 0 Å². The molecule has 3 aromatic rings. The first-order chi connectivity index (χ1) is 9.15. The van der Waals surface area contributed by atoms with E-state index in [1.165, 1.54) is 6.07 Å². The third-order valence-corrected chi connectivity index (χ3v) is 2.80. The van der Waals surface area contributed by atoms with Crippen molar-refractivity contribution in [2.75, 3.05) is 5.73 Å². The van der Waals surface area contributed by atoms with Gasteiger partial charge in [0.1, 0.15) is 5.52 Å². The lowest BCUT2D eigenvalue weighted by Crippen LogP contribution is -2.11. The molecule has 5 heteroatoms. The van der Waals surface area contributed by atoms with E-state index in [4.69, 9.17) is 15.9 Å². The summed E-state index contributed by atoms with van der Waals surface area (Å²) in [6.07, 6.45) is 0. The second-order valence-corrected chi connectivity index (χ2v) is 4.17. The van der Waals surface area contributed by atoms with Gasteiger partial charge in [-0.05, 0) is 24.3 Å². The molecule has 5 nitrogen and oxygen atoms in total. The lowest BCUT2D eigenvalue weighted by Gasteiger charge is -1.98. The molecule has 0 radical (unpaired) electrons. The van der Waals surface area contributed by atoms with Crippen molar-refractivity contribution in [2.24, 2.45) is 5.73 Å². The van der Waals surface area contributed by atoms with Gasteiger partial charge in [0.05, 0.1) is 5.56 Å². The number of primary amides is 1. The highest BCUT2D eigenvalue weighted by Crippen LogP contribution is 2.28. The van der Waals surface area contributed by atoms with E-state index >= 15 is 0 Å². The van der Waals surface area contributed by atoms with Crippen LogP contribution in [0.4, 0.5) is 5.69 Å². The van der Waals surface area contributed by atoms with Gasteiger partial charge < -0.3 is 15.9 Å². The van der Waals surface area contributed by atoms with Crippen LogP contribution < -0.4 is 11.5 Å². The molecule has 1 heterocycles. The summed E-state index contributed by atoms with van der Waals surface area (Å²) in [5, 5.41) is 0. The van der Waals surface area contributed by atoms with Crippen molar-refractivity contribution in [3.8, 4) is 11.5 Å². The van der Waals surface area contributed by atoms with Gasteiger partial charge in [0.25, 0.3) is 5.91 Å². The first-order valence-electron chi connectivity index (χ1n) is 5.70. The van der Waals surface area contributed by atoms with Crippen molar-refractivity contribution >= 4 is 22.7 Å². The number of oxazole rings is 1. The van der Waals surface area contributed by atoms with E-state index in [9.17, 15) is 4.79 Å². The maximum Gasteiger partial charge on any atom is 0.252 e. The molecule has 0 unspecified atom stereocenters. The van der Waals surface area contributed by atoms with Crippen LogP contribution in [0.5, 0.6) is 0 Å². The van der Waals surface area contributed by atoms with E-state index in [1.807, 2.05) is 30.3 Å². The highest BCUT2D eigenvalue weighted by molar-refractivity contribution is 6.04. The second-order valence-electron chi connectivity index (χ2n) is 4.17. The molecular formula is C14H11N3O2. The zero-order valence-corrected chi connectivity index (χ0v) is 9.96. The Kier molecular flexibility index (Phi) is 2.45. The maximum atomic E-state index is 11.4. The highest BCUT2D eigenvalue weighted by atomic mass is 16.3. The van der Waals surface area contributed by atoms with Crippen molar-refractivity contribution < 1.29 is 9.21 Å². The van der Waals surface area contributed by atoms with Gasteiger partial charge in [-0.3, -0.25) is 4.79 Å². The van der Waals surface area contributed by atoms with Crippen molar-refractivity contribution in [1.29, 1.82) is 0 Å². The summed E-state index contributed by atoms with van der Waals surface area (Å²) in [7, 11) is 0. The Morgan fingerprint density at radius 2 is 1.89 bits per heavy atom. The van der Waals surface area contributed by atoms with Gasteiger partial charge in [0, 0.05) is 11.3 Å². The second kappa shape index (κ2) is 4.13. The quantitative estimate of drug-likeness (QED) is 0.684. The number of carbonyl (C=O) groups is 1. The van der Waals surface area contributed by atoms with Crippen molar-refractivity contribution in [3.05, 3.63) is 48.0 Å². The average molecular weight is 253 g/mol. The smallest absolute Gasteiger partial charge is 0.252 e. The summed E-state index contributed by atoms with van der Waals surface area (Å²) in [5.74, 6) is -0.156. The number of nitrogens with zero attached hydrogens (tertiary/aromatic N) is 1. The lowest BCUT2D eigenvalue weighted by atomic mass is 10.1. The molecule has 2 aromatic carbocycles. The molecule has 0 spiro atoms. The average Bonchev–Trinajstić information content (AvgIpc) is 2.82. The van der Waals surface area contributed by atoms with Crippen molar-refractivity contribution in [1.82, 2.24) is 4.98 Å². The molecule has 0 aliphatic heterocycles. The molecule has 0 aliphatic carbocycles. The van der Waals surface area contributed by atoms with E-state index in [0.29, 0.717) is 22.7 Å². The predicted molar refractivity (Wildman–Crippen MR) is 72.4 cm³/mol. The van der Waals surface area contributed by atoms with Crippen LogP contribution in [-0.2, 0) is 0 Å². The number of hydrogen-bond donors (Lipinski definition) is 2. The predicted octanol–water partition coefficient (Wildman–Crippen LogP) is 2.18. The number of nitrogen functional groups attached to an aromatic ring is 1. The van der Waals surface area contributed by atoms with Crippen molar-refractivity contribution in [2.45, 2.75) is 0 Å². The maximum absolute atomic E-state index is 11.4. The molecular weight excluding hydrogens is 242 g/mol. The van der Waals surface area contributed by atoms with E-state index in [0.717, 1.165) is 5.56 Å². The SMILES string of the molecule is NC(=O)c1cc(N)cc2nc(-c3ccccc3)oc12. The number of carbonyl (C=O) groups excluding carboxylic acids is 1. The number of nitrogens with two attached hydrogens (primary N) is 2. The monoisotopic (exact) mass is 253 g/mol. The van der Waals surface area contributed by atoms with Gasteiger partial charge in [-0.15, -0.1) is 0 Å². The molecule has 0 fully saturated rings. The van der Waals surface area contributed by atoms with Gasteiger partial charge in [0.2, 0.25) is 5.89 Å². The largest absolute Gasteiger partial charge is 0.435 e. The minimum Gasteiger partial charge on any atom is -0.435 e. The Morgan fingerprint density at radius 3 is 2.58 bits per heavy atom. The minimum atomic E-state index is -0.590. The summed E-state index contributed by atoms with van der Waals surface area (Å²) >= 11 is 0. The van der Waals surface area contributed by atoms with Gasteiger partial charge in [-0.2, -0.15) is 0 Å². The Morgan fingerprint density at radius 1 is 1.16 bits per heavy atom. The zero-order valence-electron chi connectivity index (χ0n) is 9.96. The fourth-order valence-electron chi connectivity index (χ4n) is 1.94. The molecule has 94 valence electrons. The number of rotatable bonds is 2. The molecule has 0 saturated carbocycles. The summed E-state index contributed by atoms with van der Waals surface area (Å²) in [6.45, 7) is 0. The van der Waals surface area contributed by atoms with Crippen LogP contribution in [0.25, 0.3) is 22.6 Å². The molecule has 1 aromatic heterocycles. The number of anilines is 1. The molecule has 3 rings (SSSR count). The van der Waals surface area contributed by atoms with E-state index in [1.54, 1.807) is 6.07 Å². The number of benzene rings is 2. The lowest BCUT2D eigenvalue weighted by molar-refractivity contribution is 0.100. The molecule has 0 atom stereocenters. The topological polar surface area (TPSA) is 95.1 Å². The summed E-state index contributed by atoms with van der Waals surface area (Å²) in [5.41, 5.74) is 13.4. The normalized spacial score (nSPS) is 10.7. The molecule has 4 N–H and O–H groups in total. The Balaban J connectivity index is 2.26. The third kappa shape index (κ3) is 1.91.